The fourth-order valence-electron chi connectivity index (χ4n) is 3.74. The topological polar surface area (TPSA) is 70.0 Å². The van der Waals surface area contributed by atoms with Crippen LogP contribution in [0.5, 0.6) is 0 Å². The molecule has 2 aliphatic rings. The van der Waals surface area contributed by atoms with Crippen LogP contribution in [-0.4, -0.2) is 59.0 Å². The number of carbonyl (C=O) groups excluding carboxylic acids is 1. The molecule has 0 amide bonds. The third kappa shape index (κ3) is 2.89. The zero-order valence-corrected chi connectivity index (χ0v) is 12.8. The number of benzene rings is 1. The van der Waals surface area contributed by atoms with E-state index in [4.69, 9.17) is 4.74 Å². The van der Waals surface area contributed by atoms with Crippen LogP contribution in [0.4, 0.5) is 0 Å². The lowest BCUT2D eigenvalue weighted by Crippen LogP contribution is -2.45. The predicted octanol–water partition coefficient (Wildman–Crippen LogP) is 0.902. The highest BCUT2D eigenvalue weighted by atomic mass is 16.5. The van der Waals surface area contributed by atoms with E-state index in [0.29, 0.717) is 6.42 Å². The molecule has 2 saturated heterocycles. The monoisotopic (exact) mass is 305 g/mol. The van der Waals surface area contributed by atoms with Gasteiger partial charge in [0, 0.05) is 24.9 Å². The molecule has 0 radical (unpaired) electrons. The summed E-state index contributed by atoms with van der Waals surface area (Å²) in [5.41, 5.74) is 0.769. The summed E-state index contributed by atoms with van der Waals surface area (Å²) in [4.78, 5) is 14.6. The molecule has 3 rings (SSSR count). The molecule has 1 aromatic carbocycles. The van der Waals surface area contributed by atoms with Gasteiger partial charge in [0.15, 0.2) is 0 Å². The number of carbonyl (C=O) groups is 1. The van der Waals surface area contributed by atoms with Crippen molar-refractivity contribution in [1.82, 2.24) is 4.90 Å². The quantitative estimate of drug-likeness (QED) is 0.809. The molecule has 5 heteroatoms. The van der Waals surface area contributed by atoms with Crippen molar-refractivity contribution in [3.63, 3.8) is 0 Å². The van der Waals surface area contributed by atoms with Crippen molar-refractivity contribution < 1.29 is 19.7 Å². The minimum absolute atomic E-state index is 0.0702. The average molecular weight is 305 g/mol. The van der Waals surface area contributed by atoms with Gasteiger partial charge in [-0.15, -0.1) is 0 Å². The van der Waals surface area contributed by atoms with E-state index in [1.165, 1.54) is 0 Å². The lowest BCUT2D eigenvalue weighted by molar-refractivity contribution is -0.155. The molecule has 2 aliphatic heterocycles. The lowest BCUT2D eigenvalue weighted by atomic mass is 9.98. The Bertz CT molecular complexity index is 521. The smallest absolute Gasteiger partial charge is 0.316 e. The second-order valence-electron chi connectivity index (χ2n) is 6.37. The molecular formula is C17H23NO4. The van der Waals surface area contributed by atoms with Gasteiger partial charge in [-0.2, -0.15) is 0 Å². The summed E-state index contributed by atoms with van der Waals surface area (Å²) >= 11 is 0. The molecule has 5 atom stereocenters. The van der Waals surface area contributed by atoms with Gasteiger partial charge in [-0.1, -0.05) is 30.3 Å². The summed E-state index contributed by atoms with van der Waals surface area (Å²) in [7, 11) is 2.02. The summed E-state index contributed by atoms with van der Waals surface area (Å²) in [5.74, 6) is -1.01. The van der Waals surface area contributed by atoms with E-state index < -0.39 is 5.92 Å². The number of ether oxygens (including phenoxy) is 1. The predicted molar refractivity (Wildman–Crippen MR) is 81.3 cm³/mol. The molecule has 120 valence electrons. The first kappa shape index (κ1) is 15.5. The summed E-state index contributed by atoms with van der Waals surface area (Å²) in [5, 5.41) is 19.6. The lowest BCUT2D eigenvalue weighted by Gasteiger charge is -2.36. The van der Waals surface area contributed by atoms with Crippen LogP contribution in [0.2, 0.25) is 0 Å². The summed E-state index contributed by atoms with van der Waals surface area (Å²) < 4.78 is 5.64. The molecule has 22 heavy (non-hydrogen) atoms. The number of fused-ring (bicyclic) bond motifs is 2. The van der Waals surface area contributed by atoms with Crippen molar-refractivity contribution in [1.29, 1.82) is 0 Å². The van der Waals surface area contributed by atoms with E-state index in [0.717, 1.165) is 18.4 Å². The molecule has 2 heterocycles. The normalized spacial score (nSPS) is 32.7. The fraction of sp³-hybridized carbons (Fsp3) is 0.588. The molecule has 2 bridgehead atoms. The minimum atomic E-state index is -0.636. The Morgan fingerprint density at radius 1 is 1.32 bits per heavy atom. The number of likely N-dealkylation sites (N-methyl/N-ethyl adjacent to an activating group) is 1. The first-order chi connectivity index (χ1) is 10.6. The molecule has 1 aromatic rings. The van der Waals surface area contributed by atoms with Crippen molar-refractivity contribution >= 4 is 5.97 Å². The average Bonchev–Trinajstić information content (AvgIpc) is 2.68. The highest BCUT2D eigenvalue weighted by Gasteiger charge is 2.45. The number of hydrogen-bond donors (Lipinski definition) is 2. The molecule has 0 saturated carbocycles. The summed E-state index contributed by atoms with van der Waals surface area (Å²) in [6.45, 7) is -0.259. The van der Waals surface area contributed by atoms with Crippen molar-refractivity contribution in [2.24, 2.45) is 0 Å². The first-order valence-electron chi connectivity index (χ1n) is 7.86. The number of hydrogen-bond acceptors (Lipinski definition) is 5. The Morgan fingerprint density at radius 3 is 2.68 bits per heavy atom. The van der Waals surface area contributed by atoms with Gasteiger partial charge in [-0.25, -0.2) is 0 Å². The number of nitrogens with zero attached hydrogens (tertiary/aromatic N) is 1. The Labute approximate surface area is 130 Å². The molecule has 0 spiro atoms. The van der Waals surface area contributed by atoms with Crippen LogP contribution in [0, 0.1) is 0 Å². The van der Waals surface area contributed by atoms with E-state index in [9.17, 15) is 15.0 Å². The zero-order valence-electron chi connectivity index (χ0n) is 12.8. The number of aliphatic hydroxyl groups is 2. The van der Waals surface area contributed by atoms with Crippen LogP contribution in [0.3, 0.4) is 0 Å². The SMILES string of the molecule is CN1C2C[C@H](OC(=O)[C@@H](CO)c3ccccc3)CC1[C@@H](O)C2. The van der Waals surface area contributed by atoms with Crippen LogP contribution in [0.15, 0.2) is 30.3 Å². The van der Waals surface area contributed by atoms with E-state index in [1.54, 1.807) is 0 Å². The highest BCUT2D eigenvalue weighted by Crippen LogP contribution is 2.36. The summed E-state index contributed by atoms with van der Waals surface area (Å²) in [6.07, 6.45) is 1.66. The van der Waals surface area contributed by atoms with Crippen molar-refractivity contribution in [3.05, 3.63) is 35.9 Å². The van der Waals surface area contributed by atoms with Gasteiger partial charge in [-0.3, -0.25) is 9.69 Å². The van der Waals surface area contributed by atoms with Gasteiger partial charge >= 0.3 is 5.97 Å². The van der Waals surface area contributed by atoms with Gasteiger partial charge in [0.1, 0.15) is 12.0 Å². The Balaban J connectivity index is 1.65. The third-order valence-electron chi connectivity index (χ3n) is 5.05. The number of rotatable bonds is 4. The highest BCUT2D eigenvalue weighted by molar-refractivity contribution is 5.78. The number of esters is 1. The maximum absolute atomic E-state index is 12.4. The van der Waals surface area contributed by atoms with Gasteiger partial charge in [0.2, 0.25) is 0 Å². The second kappa shape index (κ2) is 6.36. The molecule has 2 unspecified atom stereocenters. The van der Waals surface area contributed by atoms with Crippen LogP contribution in [0.1, 0.15) is 30.7 Å². The van der Waals surface area contributed by atoms with Gasteiger partial charge < -0.3 is 14.9 Å². The molecular weight excluding hydrogens is 282 g/mol. The van der Waals surface area contributed by atoms with Gasteiger partial charge in [0.25, 0.3) is 0 Å². The molecule has 0 aliphatic carbocycles. The third-order valence-corrected chi connectivity index (χ3v) is 5.05. The maximum Gasteiger partial charge on any atom is 0.316 e. The van der Waals surface area contributed by atoms with Gasteiger partial charge in [-0.05, 0) is 19.0 Å². The zero-order chi connectivity index (χ0) is 15.7. The largest absolute Gasteiger partial charge is 0.462 e. The maximum atomic E-state index is 12.4. The van der Waals surface area contributed by atoms with Crippen LogP contribution < -0.4 is 0 Å². The van der Waals surface area contributed by atoms with Crippen molar-refractivity contribution in [2.75, 3.05) is 13.7 Å². The Hall–Kier alpha value is -1.43. The fourth-order valence-corrected chi connectivity index (χ4v) is 3.74. The Kier molecular flexibility index (Phi) is 4.47. The number of piperidine rings is 1. The first-order valence-corrected chi connectivity index (χ1v) is 7.86. The van der Waals surface area contributed by atoms with E-state index in [-0.39, 0.29) is 36.9 Å². The van der Waals surface area contributed by atoms with Gasteiger partial charge in [0.05, 0.1) is 12.7 Å². The van der Waals surface area contributed by atoms with Crippen molar-refractivity contribution in [2.45, 2.75) is 49.5 Å². The Morgan fingerprint density at radius 2 is 2.05 bits per heavy atom. The van der Waals surface area contributed by atoms with E-state index in [2.05, 4.69) is 4.90 Å². The van der Waals surface area contributed by atoms with Crippen molar-refractivity contribution in [3.8, 4) is 0 Å². The van der Waals surface area contributed by atoms with Crippen LogP contribution >= 0.6 is 0 Å². The molecule has 2 fully saturated rings. The van der Waals surface area contributed by atoms with E-state index in [1.807, 2.05) is 37.4 Å². The summed E-state index contributed by atoms with van der Waals surface area (Å²) in [6, 6.07) is 9.56. The second-order valence-corrected chi connectivity index (χ2v) is 6.37. The standard InChI is InChI=1S/C17H23NO4/c1-18-12-7-13(9-15(18)16(20)8-12)22-17(21)14(10-19)11-5-3-2-4-6-11/h2-6,12-16,19-20H,7-10H2,1H3/t12?,13-,14-,15?,16-/m0/s1. The molecule has 2 N–H and O–H groups in total. The molecule has 0 aromatic heterocycles. The van der Waals surface area contributed by atoms with E-state index >= 15 is 0 Å². The number of aliphatic hydroxyl groups excluding tert-OH is 2. The minimum Gasteiger partial charge on any atom is -0.462 e. The van der Waals surface area contributed by atoms with Crippen LogP contribution in [0.25, 0.3) is 0 Å². The molecule has 5 nitrogen and oxygen atoms in total. The van der Waals surface area contributed by atoms with Crippen LogP contribution in [-0.2, 0) is 9.53 Å².